The van der Waals surface area contributed by atoms with Crippen LogP contribution in [0.2, 0.25) is 0 Å². The normalized spacial score (nSPS) is 12.4. The van der Waals surface area contributed by atoms with Crippen LogP contribution in [0.3, 0.4) is 0 Å². The van der Waals surface area contributed by atoms with E-state index in [2.05, 4.69) is 48.5 Å². The van der Waals surface area contributed by atoms with E-state index in [0.717, 1.165) is 0 Å². The lowest BCUT2D eigenvalue weighted by Gasteiger charge is -2.21. The van der Waals surface area contributed by atoms with Gasteiger partial charge in [-0.25, -0.2) is 0 Å². The minimum atomic E-state index is -5.85. The largest absolute Gasteiger partial charge is 0.417 e. The molecule has 0 atom stereocenters. The van der Waals surface area contributed by atoms with Gasteiger partial charge in [0.1, 0.15) is 0 Å². The first kappa shape index (κ1) is 33.6. The molecule has 228 valence electrons. The third-order valence-corrected chi connectivity index (χ3v) is 6.53. The molecule has 0 bridgehead atoms. The van der Waals surface area contributed by atoms with Crippen molar-refractivity contribution in [2.75, 3.05) is 0 Å². The fourth-order valence-corrected chi connectivity index (χ4v) is 4.68. The number of hydrogen-bond acceptors (Lipinski definition) is 2. The zero-order chi connectivity index (χ0) is 32.2. The molecule has 0 unspecified atom stereocenters. The molecule has 0 aliphatic rings. The predicted molar refractivity (Wildman–Crippen MR) is 133 cm³/mol. The smallest absolute Gasteiger partial charge is 0.289 e. The molecular weight excluding hydrogens is 624 g/mol. The summed E-state index contributed by atoms with van der Waals surface area (Å²) in [6, 6.07) is 21.6. The second-order valence-electron chi connectivity index (χ2n) is 8.50. The van der Waals surface area contributed by atoms with Crippen LogP contribution in [0.1, 0.15) is 38.2 Å². The number of ketones is 1. The standard InChI is InChI=1S/C17H6F12O.C12H10S/c18-14(19,20)9-5-1-3-7(11(9)16(24,25)26)13(30)8-4-2-6-10(15(21,22)23)12(8)17(27,28)29;1-3-7-11(8-4-1)13-12-9-5-2-6-10-12/h1-6H;1-10H. The summed E-state index contributed by atoms with van der Waals surface area (Å²) in [4.78, 5) is 15.0. The number of carbonyl (C=O) groups is 1. The van der Waals surface area contributed by atoms with Gasteiger partial charge in [0, 0.05) is 20.9 Å². The molecule has 43 heavy (non-hydrogen) atoms. The Morgan fingerprint density at radius 3 is 1.02 bits per heavy atom. The Kier molecular flexibility index (Phi) is 9.94. The van der Waals surface area contributed by atoms with Crippen molar-refractivity contribution >= 4 is 17.5 Å². The first-order valence-corrected chi connectivity index (χ1v) is 12.5. The summed E-state index contributed by atoms with van der Waals surface area (Å²) in [7, 11) is 0. The monoisotopic (exact) mass is 640 g/mol. The van der Waals surface area contributed by atoms with Gasteiger partial charge in [0.2, 0.25) is 0 Å². The van der Waals surface area contributed by atoms with Gasteiger partial charge in [-0.15, -0.1) is 0 Å². The maximum atomic E-state index is 13.3. The first-order chi connectivity index (χ1) is 19.8. The molecular formula is C29H16F12OS. The van der Waals surface area contributed by atoms with E-state index < -0.39 is 63.9 Å². The Bertz CT molecular complexity index is 1420. The quantitative estimate of drug-likeness (QED) is 0.163. The summed E-state index contributed by atoms with van der Waals surface area (Å²) in [5, 5.41) is 0. The van der Waals surface area contributed by atoms with Gasteiger partial charge < -0.3 is 0 Å². The zero-order valence-electron chi connectivity index (χ0n) is 21.1. The molecule has 4 rings (SSSR count). The minimum absolute atomic E-state index is 0.0591. The van der Waals surface area contributed by atoms with Crippen molar-refractivity contribution in [1.29, 1.82) is 0 Å². The van der Waals surface area contributed by atoms with Crippen molar-refractivity contribution in [1.82, 2.24) is 0 Å². The van der Waals surface area contributed by atoms with Crippen molar-refractivity contribution in [3.8, 4) is 0 Å². The molecule has 4 aromatic carbocycles. The Morgan fingerprint density at radius 1 is 0.419 bits per heavy atom. The van der Waals surface area contributed by atoms with Gasteiger partial charge in [-0.1, -0.05) is 72.4 Å². The fraction of sp³-hybridized carbons (Fsp3) is 0.138. The lowest BCUT2D eigenvalue weighted by Crippen LogP contribution is -2.24. The maximum Gasteiger partial charge on any atom is 0.417 e. The van der Waals surface area contributed by atoms with Crippen LogP contribution in [-0.2, 0) is 24.7 Å². The third kappa shape index (κ3) is 8.55. The van der Waals surface area contributed by atoms with Gasteiger partial charge in [-0.05, 0) is 36.4 Å². The predicted octanol–water partition coefficient (Wildman–Crippen LogP) is 10.8. The van der Waals surface area contributed by atoms with Crippen molar-refractivity contribution in [3.63, 3.8) is 0 Å². The molecule has 0 aliphatic carbocycles. The van der Waals surface area contributed by atoms with Crippen molar-refractivity contribution in [3.05, 3.63) is 130 Å². The zero-order valence-corrected chi connectivity index (χ0v) is 21.9. The van der Waals surface area contributed by atoms with E-state index in [1.165, 1.54) is 9.79 Å². The number of halogens is 12. The fourth-order valence-electron chi connectivity index (χ4n) is 3.82. The number of hydrogen-bond donors (Lipinski definition) is 0. The average molecular weight is 640 g/mol. The summed E-state index contributed by atoms with van der Waals surface area (Å²) < 4.78 is 157. The molecule has 0 amide bonds. The summed E-state index contributed by atoms with van der Waals surface area (Å²) in [5.74, 6) is -2.30. The molecule has 0 fully saturated rings. The molecule has 4 aromatic rings. The second-order valence-corrected chi connectivity index (χ2v) is 9.65. The Balaban J connectivity index is 0.000000321. The van der Waals surface area contributed by atoms with Gasteiger partial charge in [-0.2, -0.15) is 52.7 Å². The maximum absolute atomic E-state index is 13.3. The molecule has 0 spiro atoms. The van der Waals surface area contributed by atoms with Crippen LogP contribution in [0.25, 0.3) is 0 Å². The van der Waals surface area contributed by atoms with Gasteiger partial charge in [0.15, 0.2) is 5.78 Å². The number of carbonyl (C=O) groups excluding carboxylic acids is 1. The van der Waals surface area contributed by atoms with E-state index in [9.17, 15) is 57.5 Å². The summed E-state index contributed by atoms with van der Waals surface area (Å²) >= 11 is 1.79. The van der Waals surface area contributed by atoms with Crippen LogP contribution in [-0.4, -0.2) is 5.78 Å². The Morgan fingerprint density at radius 2 is 0.744 bits per heavy atom. The van der Waals surface area contributed by atoms with Crippen LogP contribution >= 0.6 is 11.8 Å². The summed E-state index contributed by atoms with van der Waals surface area (Å²) in [6.45, 7) is 0. The number of alkyl halides is 12. The molecule has 1 nitrogen and oxygen atoms in total. The lowest BCUT2D eigenvalue weighted by molar-refractivity contribution is -0.162. The highest BCUT2D eigenvalue weighted by Crippen LogP contribution is 2.45. The summed E-state index contributed by atoms with van der Waals surface area (Å²) in [6.07, 6.45) is -23.0. The van der Waals surface area contributed by atoms with E-state index >= 15 is 0 Å². The SMILES string of the molecule is O=C(c1cccc(C(F)(F)F)c1C(F)(F)F)c1cccc(C(F)(F)F)c1C(F)(F)F.c1ccc(Sc2ccccc2)cc1. The molecule has 0 saturated heterocycles. The highest BCUT2D eigenvalue weighted by Gasteiger charge is 2.48. The third-order valence-electron chi connectivity index (χ3n) is 5.52. The molecule has 14 heteroatoms. The molecule has 0 heterocycles. The van der Waals surface area contributed by atoms with Gasteiger partial charge in [0.05, 0.1) is 22.3 Å². The molecule has 0 saturated carbocycles. The Hall–Kier alpha value is -3.94. The van der Waals surface area contributed by atoms with E-state index in [1.54, 1.807) is 11.8 Å². The van der Waals surface area contributed by atoms with Crippen LogP contribution < -0.4 is 0 Å². The minimum Gasteiger partial charge on any atom is -0.289 e. The van der Waals surface area contributed by atoms with Crippen molar-refractivity contribution in [2.45, 2.75) is 34.5 Å². The Labute approximate surface area is 240 Å². The molecule has 0 N–H and O–H groups in total. The molecule has 0 radical (unpaired) electrons. The van der Waals surface area contributed by atoms with Gasteiger partial charge in [0.25, 0.3) is 0 Å². The topological polar surface area (TPSA) is 17.1 Å². The average Bonchev–Trinajstić information content (AvgIpc) is 2.91. The lowest BCUT2D eigenvalue weighted by atomic mass is 9.89. The van der Waals surface area contributed by atoms with Crippen molar-refractivity contribution in [2.24, 2.45) is 0 Å². The second kappa shape index (κ2) is 12.7. The van der Waals surface area contributed by atoms with E-state index in [0.29, 0.717) is 12.1 Å². The van der Waals surface area contributed by atoms with Crippen LogP contribution in [0.15, 0.2) is 107 Å². The van der Waals surface area contributed by atoms with E-state index in [1.807, 2.05) is 12.1 Å². The van der Waals surface area contributed by atoms with Gasteiger partial charge >= 0.3 is 24.7 Å². The first-order valence-electron chi connectivity index (χ1n) is 11.7. The van der Waals surface area contributed by atoms with Crippen LogP contribution in [0, 0.1) is 0 Å². The number of rotatable bonds is 4. The van der Waals surface area contributed by atoms with Crippen molar-refractivity contribution < 1.29 is 57.5 Å². The molecule has 0 aliphatic heterocycles. The van der Waals surface area contributed by atoms with E-state index in [-0.39, 0.29) is 24.3 Å². The van der Waals surface area contributed by atoms with Crippen LogP contribution in [0.4, 0.5) is 52.7 Å². The molecule has 0 aromatic heterocycles. The highest BCUT2D eigenvalue weighted by molar-refractivity contribution is 7.99. The summed E-state index contributed by atoms with van der Waals surface area (Å²) in [5.41, 5.74) is -13.7. The van der Waals surface area contributed by atoms with E-state index in [4.69, 9.17) is 0 Å². The number of benzene rings is 4. The highest BCUT2D eigenvalue weighted by atomic mass is 32.2. The van der Waals surface area contributed by atoms with Gasteiger partial charge in [-0.3, -0.25) is 4.79 Å². The van der Waals surface area contributed by atoms with Crippen LogP contribution in [0.5, 0.6) is 0 Å².